The summed E-state index contributed by atoms with van der Waals surface area (Å²) in [5, 5.41) is 232. The average Bonchev–Trinajstić information content (AvgIpc) is 0.756. The quantitative estimate of drug-likeness (QED) is 0.0250. The van der Waals surface area contributed by atoms with Crippen LogP contribution < -0.4 is 16.0 Å². The normalized spacial score (nSPS) is 37.7. The number of allylic oxidation sites excluding steroid dienone is 1. The largest absolute Gasteiger partial charge is 0.394 e. The lowest BCUT2D eigenvalue weighted by Gasteiger charge is -2.52. The fourth-order valence-electron chi connectivity index (χ4n) is 17.6. The van der Waals surface area contributed by atoms with Gasteiger partial charge in [0.15, 0.2) is 44.0 Å². The molecule has 0 bridgehead atoms. The highest BCUT2D eigenvalue weighted by atomic mass is 16.8. The van der Waals surface area contributed by atoms with Crippen LogP contribution in [0.25, 0.3) is 0 Å². The Hall–Kier alpha value is -3.21. The number of hydrogen-bond donors (Lipinski definition) is 23. The van der Waals surface area contributed by atoms with Gasteiger partial charge in [-0.1, -0.05) is 219 Å². The molecule has 0 saturated carbocycles. The van der Waals surface area contributed by atoms with Crippen LogP contribution >= 0.6 is 0 Å². The van der Waals surface area contributed by atoms with Crippen molar-refractivity contribution in [2.24, 2.45) is 0 Å². The summed E-state index contributed by atoms with van der Waals surface area (Å²) < 4.78 is 84.2. The van der Waals surface area contributed by atoms with Gasteiger partial charge >= 0.3 is 0 Å². The van der Waals surface area contributed by atoms with E-state index in [-0.39, 0.29) is 12.3 Å². The van der Waals surface area contributed by atoms with E-state index >= 15 is 0 Å². The van der Waals surface area contributed by atoms with Gasteiger partial charge in [0.05, 0.1) is 64.5 Å². The molecule has 7 aliphatic rings. The molecule has 40 nitrogen and oxygen atoms in total. The van der Waals surface area contributed by atoms with E-state index in [2.05, 4.69) is 29.8 Å². The van der Waals surface area contributed by atoms with Crippen molar-refractivity contribution in [1.29, 1.82) is 0 Å². The first-order valence-electron chi connectivity index (χ1n) is 47.3. The highest BCUT2D eigenvalue weighted by Gasteiger charge is 2.60. The second-order valence-corrected chi connectivity index (χ2v) is 35.6. The van der Waals surface area contributed by atoms with Crippen LogP contribution in [-0.2, 0) is 80.7 Å². The monoisotopic (exact) mass is 1850 g/mol. The molecule has 7 rings (SSSR count). The number of hydrogen-bond acceptors (Lipinski definition) is 37. The highest BCUT2D eigenvalue weighted by Crippen LogP contribution is 2.40. The van der Waals surface area contributed by atoms with Gasteiger partial charge in [0.2, 0.25) is 17.7 Å². The number of carbonyl (C=O) groups is 3. The van der Waals surface area contributed by atoms with Crippen LogP contribution in [0.15, 0.2) is 12.2 Å². The van der Waals surface area contributed by atoms with Crippen LogP contribution in [0.2, 0.25) is 0 Å². The fourth-order valence-corrected chi connectivity index (χ4v) is 17.6. The smallest absolute Gasteiger partial charge is 0.220 e. The molecule has 0 aromatic heterocycles. The molecule has 7 fully saturated rings. The van der Waals surface area contributed by atoms with Crippen LogP contribution in [0.4, 0.5) is 0 Å². The molecule has 0 aromatic rings. The maximum absolute atomic E-state index is 13.6. The van der Waals surface area contributed by atoms with Gasteiger partial charge in [-0.25, -0.2) is 0 Å². The Bertz CT molecular complexity index is 3020. The predicted octanol–water partition coefficient (Wildman–Crippen LogP) is -1.23. The average molecular weight is 1850 g/mol. The van der Waals surface area contributed by atoms with Gasteiger partial charge in [-0.15, -0.1) is 0 Å². The molecule has 7 aliphatic heterocycles. The van der Waals surface area contributed by atoms with Gasteiger partial charge < -0.3 is 184 Å². The number of unbranched alkanes of at least 4 members (excludes halogenated alkanes) is 31. The van der Waals surface area contributed by atoms with Crippen LogP contribution in [0.5, 0.6) is 0 Å². The standard InChI is InChI=1S/C88H159N3O37/c1-6-8-10-12-14-16-18-20-21-22-23-24-25-26-27-29-31-33-35-37-39-41-60(101)91-52(53(100)40-38-36-34-32-30-28-19-17-15-13-11-9-7-2)48-115-84-73(112)69(108)77(57(45-95)121-84)124-87-74(113)70(109)76(58(46-96)122-87)123-82-61(89-50(4)98)79(65(104)55(43-93)117-82)126-88-75(114)81(66(105)56(44-94)119-88)128-83-62(90-51(5)99)80(127-85-71(110)67(106)63(102)49(3)116-85)78(59(47-97)120-83)125-86-72(111)68(107)64(103)54(42-92)118-86/h38,40,49,52-59,61-88,92-97,100,102-114H,6-37,39,41-48H2,1-5H3,(H,89,98)(H,90,99)(H,91,101)/b40-38+/t49?,52-,53+,54?,55?,56?,57?,58?,59?,61?,62?,63+,64-,65-,66-,67?,68-,69+,70+,71-,72?,73?,74?,75?,76-,77+,78+,79+,80+,81-,82-,83-,84+,85+,86-,87-,88-/m0/s1. The molecule has 37 atom stereocenters. The van der Waals surface area contributed by atoms with Crippen molar-refractivity contribution in [3.05, 3.63) is 12.2 Å². The molecule has 7 saturated heterocycles. The van der Waals surface area contributed by atoms with E-state index in [1.807, 2.05) is 6.08 Å². The third-order valence-corrected chi connectivity index (χ3v) is 25.3. The Morgan fingerprint density at radius 1 is 0.320 bits per heavy atom. The van der Waals surface area contributed by atoms with Gasteiger partial charge in [-0.05, 0) is 26.2 Å². The van der Waals surface area contributed by atoms with Gasteiger partial charge in [0.25, 0.3) is 0 Å². The van der Waals surface area contributed by atoms with Gasteiger partial charge in [-0.3, -0.25) is 14.4 Å². The molecule has 40 heteroatoms. The second-order valence-electron chi connectivity index (χ2n) is 35.6. The number of ether oxygens (including phenoxy) is 14. The van der Waals surface area contributed by atoms with Crippen LogP contribution in [0.1, 0.15) is 253 Å². The first-order chi connectivity index (χ1) is 61.5. The Morgan fingerprint density at radius 3 is 1.09 bits per heavy atom. The predicted molar refractivity (Wildman–Crippen MR) is 453 cm³/mol. The minimum atomic E-state index is -2.37. The van der Waals surface area contributed by atoms with E-state index in [0.29, 0.717) is 12.8 Å². The summed E-state index contributed by atoms with van der Waals surface area (Å²) in [6.07, 6.45) is -23.3. The van der Waals surface area contributed by atoms with Crippen LogP contribution in [-0.4, -0.2) is 393 Å². The molecular weight excluding hydrogens is 1690 g/mol. The first-order valence-corrected chi connectivity index (χ1v) is 47.3. The molecule has 0 aliphatic carbocycles. The van der Waals surface area contributed by atoms with Crippen molar-refractivity contribution in [3.8, 4) is 0 Å². The molecule has 748 valence electrons. The lowest BCUT2D eigenvalue weighted by atomic mass is 9.93. The number of carbonyl (C=O) groups excluding carboxylic acids is 3. The summed E-state index contributed by atoms with van der Waals surface area (Å²) in [5.74, 6) is -2.17. The zero-order valence-electron chi connectivity index (χ0n) is 75.4. The fraction of sp³-hybridized carbons (Fsp3) is 0.943. The summed E-state index contributed by atoms with van der Waals surface area (Å²) in [4.78, 5) is 40.1. The third-order valence-electron chi connectivity index (χ3n) is 25.3. The minimum absolute atomic E-state index is 0.169. The van der Waals surface area contributed by atoms with E-state index < -0.39 is 285 Å². The maximum atomic E-state index is 13.6. The summed E-state index contributed by atoms with van der Waals surface area (Å²) in [6.45, 7) is 1.00. The Balaban J connectivity index is 0.987. The molecule has 7 heterocycles. The van der Waals surface area contributed by atoms with E-state index in [4.69, 9.17) is 66.3 Å². The van der Waals surface area contributed by atoms with E-state index in [1.54, 1.807) is 6.08 Å². The van der Waals surface area contributed by atoms with Crippen molar-refractivity contribution in [1.82, 2.24) is 16.0 Å². The topological polar surface area (TPSA) is 621 Å². The lowest BCUT2D eigenvalue weighted by molar-refractivity contribution is -0.392. The molecule has 128 heavy (non-hydrogen) atoms. The molecule has 0 spiro atoms. The van der Waals surface area contributed by atoms with E-state index in [0.717, 1.165) is 65.2 Å². The van der Waals surface area contributed by atoms with E-state index in [9.17, 15) is 117 Å². The van der Waals surface area contributed by atoms with Crippen LogP contribution in [0, 0.1) is 0 Å². The first kappa shape index (κ1) is 112. The lowest BCUT2D eigenvalue weighted by Crippen LogP contribution is -2.71. The number of nitrogens with one attached hydrogen (secondary N) is 3. The SMILES string of the molecule is CCCCCCCCCCCCC/C=C/[C@@H](O)[C@H](CO[C@@H]1OC(CO)[C@@H](O[C@@H]2OC(CO)[C@H](O[C@@H]3OC(CO)[C@H](O)[C@H](O[C@@H]4OC(CO)[C@H](O)[C@H](O[C@@H]5OC(CO)[C@@H](O[C@@H]6OC(CO)[C@H](O)[C@H](O)C6O)[C@H](O[C@H]6OC(C)[C@@H](O)C(O)[C@@H]6O)C5NC(C)=O)C4O)C3NC(C)=O)[C@H](O)C2O)[C@H](O)C1O)NC(=O)CCCCCCCCCCCCCCCCCCCCCCC. The molecule has 14 unspecified atom stereocenters. The van der Waals surface area contributed by atoms with Crippen molar-refractivity contribution >= 4 is 17.7 Å². The zero-order chi connectivity index (χ0) is 93.5. The number of rotatable bonds is 60. The van der Waals surface area contributed by atoms with Crippen molar-refractivity contribution in [3.63, 3.8) is 0 Å². The highest BCUT2D eigenvalue weighted by molar-refractivity contribution is 5.76. The molecule has 3 amide bonds. The van der Waals surface area contributed by atoms with Crippen molar-refractivity contribution < 1.29 is 183 Å². The number of aliphatic hydroxyl groups is 20. The zero-order valence-corrected chi connectivity index (χ0v) is 75.4. The molecule has 0 radical (unpaired) electrons. The summed E-state index contributed by atoms with van der Waals surface area (Å²) in [7, 11) is 0. The summed E-state index contributed by atoms with van der Waals surface area (Å²) >= 11 is 0. The Labute approximate surface area is 751 Å². The maximum Gasteiger partial charge on any atom is 0.220 e. The minimum Gasteiger partial charge on any atom is -0.394 e. The third kappa shape index (κ3) is 33.9. The van der Waals surface area contributed by atoms with Crippen molar-refractivity contribution in [2.45, 2.75) is 480 Å². The van der Waals surface area contributed by atoms with Gasteiger partial charge in [0.1, 0.15) is 165 Å². The molecule has 23 N–H and O–H groups in total. The van der Waals surface area contributed by atoms with Crippen LogP contribution in [0.3, 0.4) is 0 Å². The van der Waals surface area contributed by atoms with Gasteiger partial charge in [-0.2, -0.15) is 0 Å². The number of amides is 3. The van der Waals surface area contributed by atoms with E-state index in [1.165, 1.54) is 155 Å². The number of aliphatic hydroxyl groups excluding tert-OH is 20. The summed E-state index contributed by atoms with van der Waals surface area (Å²) in [6, 6.07) is -4.84. The summed E-state index contributed by atoms with van der Waals surface area (Å²) in [5.41, 5.74) is 0. The Morgan fingerprint density at radius 2 is 0.633 bits per heavy atom. The van der Waals surface area contributed by atoms with Crippen molar-refractivity contribution in [2.75, 3.05) is 46.2 Å². The van der Waals surface area contributed by atoms with Gasteiger partial charge in [0, 0.05) is 20.3 Å². The molecule has 0 aromatic carbocycles. The Kier molecular flexibility index (Phi) is 52.2. The second kappa shape index (κ2) is 59.7. The molecular formula is C88H159N3O37.